The van der Waals surface area contributed by atoms with Gasteiger partial charge in [0.1, 0.15) is 52.9 Å². The lowest BCUT2D eigenvalue weighted by Gasteiger charge is -2.14. The van der Waals surface area contributed by atoms with E-state index in [1.54, 1.807) is 0 Å². The molecule has 35 heteroatoms. The average Bonchev–Trinajstić information content (AvgIpc) is 3.20. The molecule has 9 N–H and O–H groups in total. The van der Waals surface area contributed by atoms with Crippen molar-refractivity contribution in [1.29, 1.82) is 0 Å². The van der Waals surface area contributed by atoms with Crippen molar-refractivity contribution in [2.45, 2.75) is 24.5 Å². The van der Waals surface area contributed by atoms with Crippen LogP contribution in [0, 0.1) is 20.2 Å². The number of azo groups is 3. The number of benzene rings is 6. The Morgan fingerprint density at radius 3 is 1.25 bits per heavy atom. The highest BCUT2D eigenvalue weighted by molar-refractivity contribution is 7.87. The summed E-state index contributed by atoms with van der Waals surface area (Å²) >= 11 is 0. The second-order valence-electron chi connectivity index (χ2n) is 13.1. The van der Waals surface area contributed by atoms with Gasteiger partial charge in [-0.2, -0.15) is 47.2 Å². The van der Waals surface area contributed by atoms with E-state index in [9.17, 15) is 95.3 Å². The zero-order valence-electron chi connectivity index (χ0n) is 32.0. The zero-order valence-corrected chi connectivity index (χ0v) is 36.1. The molecule has 0 saturated heterocycles. The van der Waals surface area contributed by atoms with Gasteiger partial charge in [0.15, 0.2) is 11.5 Å². The molecule has 0 aliphatic heterocycles. The van der Waals surface area contributed by atoms with Gasteiger partial charge in [0.05, 0.1) is 26.6 Å². The van der Waals surface area contributed by atoms with E-state index < -0.39 is 158 Å². The number of hydrogen-bond donors (Lipinski definition) is 8. The van der Waals surface area contributed by atoms with E-state index in [1.165, 1.54) is 0 Å². The minimum atomic E-state index is -5.49. The highest BCUT2D eigenvalue weighted by Gasteiger charge is 2.30. The lowest BCUT2D eigenvalue weighted by atomic mass is 10.1. The first-order valence-corrected chi connectivity index (χ1v) is 24.1. The first-order valence-electron chi connectivity index (χ1n) is 16.9. The number of nitrogens with two attached hydrogens (primary N) is 1. The van der Waals surface area contributed by atoms with Gasteiger partial charge in [0.25, 0.3) is 62.0 Å². The van der Waals surface area contributed by atoms with Crippen LogP contribution >= 0.6 is 0 Å². The Hall–Kier alpha value is -7.61. The average molecular weight is 1030 g/mol. The van der Waals surface area contributed by atoms with Crippen LogP contribution in [0.1, 0.15) is 0 Å². The largest absolute Gasteiger partial charge is 0.505 e. The Morgan fingerprint density at radius 2 is 0.836 bits per heavy atom. The molecule has 0 saturated carbocycles. The SMILES string of the molecule is Nc1c(N=Nc2ccc3cc(S(=O)(=O)O)c(N=Nc4ccc([N+](=O)[O-])cc4S(=O)(=O)O)c(O)c3c2)c(S(=O)(=O)O)cc2cc(S(=O)(=O)O)c(N=Nc3ccc([N+](=O)[O-])cc3S(=O)(=O)O)c(O)c12. The number of nitrogens with zero attached hydrogens (tertiary/aromatic N) is 8. The number of hydrogen-bond acceptors (Lipinski definition) is 23. The topological polar surface area (TPSA) is 499 Å². The van der Waals surface area contributed by atoms with Gasteiger partial charge >= 0.3 is 0 Å². The van der Waals surface area contributed by atoms with Gasteiger partial charge in [0, 0.05) is 29.7 Å². The molecule has 0 heterocycles. The molecule has 0 unspecified atom stereocenters. The maximum Gasteiger partial charge on any atom is 0.297 e. The Morgan fingerprint density at radius 1 is 0.448 bits per heavy atom. The van der Waals surface area contributed by atoms with Crippen LogP contribution in [-0.2, 0) is 50.6 Å². The van der Waals surface area contributed by atoms with Crippen LogP contribution in [0.4, 0.5) is 51.2 Å². The molecule has 6 aromatic rings. The van der Waals surface area contributed by atoms with Crippen LogP contribution in [-0.4, -0.2) is 84.9 Å². The molecular weight excluding hydrogens is 1010 g/mol. The molecule has 350 valence electrons. The number of nitro groups is 2. The molecule has 0 aliphatic rings. The first kappa shape index (κ1) is 48.8. The standard InChI is InChI=1S/C32H21N9O21S5/c33-27-26-14(9-25(67(60,61)62)30(32(26)43)39-36-20-6-4-17(41(46)47)12-22(20)64(51,52)53)8-23(65(54,55)56)28(27)37-34-15-2-1-13-7-24(66(57,58)59)29(31(42)18(13)10-15)38-35-19-5-3-16(40(44)45)11-21(19)63(48,49)50/h1-12,42-43H,33H2,(H,48,49,50)(H,51,52,53)(H,54,55,56)(H,57,58,59)(H,60,61,62). The molecule has 0 aliphatic carbocycles. The van der Waals surface area contributed by atoms with Crippen molar-refractivity contribution in [2.75, 3.05) is 5.73 Å². The van der Waals surface area contributed by atoms with Crippen molar-refractivity contribution < 1.29 is 84.9 Å². The summed E-state index contributed by atoms with van der Waals surface area (Å²) in [6.45, 7) is 0. The van der Waals surface area contributed by atoms with E-state index in [2.05, 4.69) is 30.7 Å². The maximum absolute atomic E-state index is 12.6. The highest BCUT2D eigenvalue weighted by Crippen LogP contribution is 2.49. The summed E-state index contributed by atoms with van der Waals surface area (Å²) in [5.74, 6) is -2.46. The summed E-state index contributed by atoms with van der Waals surface area (Å²) in [6.07, 6.45) is 0. The molecule has 6 aromatic carbocycles. The van der Waals surface area contributed by atoms with Gasteiger partial charge in [-0.1, -0.05) is 6.07 Å². The second-order valence-corrected chi connectivity index (χ2v) is 20.0. The van der Waals surface area contributed by atoms with Crippen molar-refractivity contribution >= 4 is 123 Å². The Balaban J connectivity index is 1.54. The van der Waals surface area contributed by atoms with Crippen molar-refractivity contribution in [3.63, 3.8) is 0 Å². The number of rotatable bonds is 13. The molecule has 6 rings (SSSR count). The van der Waals surface area contributed by atoms with Gasteiger partial charge in [-0.3, -0.25) is 43.0 Å². The Labute approximate surface area is 372 Å². The molecule has 0 bridgehead atoms. The second kappa shape index (κ2) is 17.0. The van der Waals surface area contributed by atoms with Gasteiger partial charge in [-0.15, -0.1) is 25.6 Å². The fraction of sp³-hybridized carbons (Fsp3) is 0. The number of nitro benzene ring substituents is 2. The van der Waals surface area contributed by atoms with Gasteiger partial charge < -0.3 is 15.9 Å². The summed E-state index contributed by atoms with van der Waals surface area (Å²) in [6, 6.07) is 8.24. The van der Waals surface area contributed by atoms with Crippen LogP contribution in [0.5, 0.6) is 11.5 Å². The van der Waals surface area contributed by atoms with E-state index in [1.807, 2.05) is 0 Å². The fourth-order valence-electron chi connectivity index (χ4n) is 5.92. The summed E-state index contributed by atoms with van der Waals surface area (Å²) in [5, 5.41) is 64.4. The molecule has 0 fully saturated rings. The molecule has 0 aromatic heterocycles. The number of nitrogen functional groups attached to an aromatic ring is 1. The predicted molar refractivity (Wildman–Crippen MR) is 223 cm³/mol. The number of anilines is 1. The number of aromatic hydroxyl groups is 2. The number of fused-ring (bicyclic) bond motifs is 2. The van der Waals surface area contributed by atoms with Crippen LogP contribution in [0.2, 0.25) is 0 Å². The smallest absolute Gasteiger partial charge is 0.297 e. The third kappa shape index (κ3) is 9.98. The molecule has 67 heavy (non-hydrogen) atoms. The number of non-ortho nitro benzene ring substituents is 2. The molecule has 0 spiro atoms. The predicted octanol–water partition coefficient (Wildman–Crippen LogP) is 6.28. The minimum Gasteiger partial charge on any atom is -0.505 e. The number of phenolic OH excluding ortho intramolecular Hbond substituents is 2. The summed E-state index contributed by atoms with van der Waals surface area (Å²) in [4.78, 5) is 14.2. The third-order valence-corrected chi connectivity index (χ3v) is 13.2. The summed E-state index contributed by atoms with van der Waals surface area (Å²) in [5.41, 5.74) is -1.80. The van der Waals surface area contributed by atoms with Crippen LogP contribution < -0.4 is 5.73 Å². The van der Waals surface area contributed by atoms with E-state index in [4.69, 9.17) is 5.73 Å². The van der Waals surface area contributed by atoms with Crippen LogP contribution in [0.3, 0.4) is 0 Å². The summed E-state index contributed by atoms with van der Waals surface area (Å²) < 4.78 is 172. The maximum atomic E-state index is 12.6. The van der Waals surface area contributed by atoms with E-state index in [0.717, 1.165) is 30.3 Å². The lowest BCUT2D eigenvalue weighted by Crippen LogP contribution is -2.04. The van der Waals surface area contributed by atoms with Gasteiger partial charge in [0.2, 0.25) is 0 Å². The lowest BCUT2D eigenvalue weighted by molar-refractivity contribution is -0.385. The van der Waals surface area contributed by atoms with Crippen molar-refractivity contribution in [1.82, 2.24) is 0 Å². The molecule has 30 nitrogen and oxygen atoms in total. The highest BCUT2D eigenvalue weighted by atomic mass is 32.2. The quantitative estimate of drug-likeness (QED) is 0.0207. The molecule has 0 atom stereocenters. The van der Waals surface area contributed by atoms with E-state index in [-0.39, 0.29) is 11.1 Å². The van der Waals surface area contributed by atoms with Crippen molar-refractivity contribution in [2.24, 2.45) is 30.7 Å². The van der Waals surface area contributed by atoms with E-state index >= 15 is 0 Å². The Bertz CT molecular complexity index is 3880. The fourth-order valence-corrected chi connectivity index (χ4v) is 9.19. The normalized spacial score (nSPS) is 13.1. The Kier molecular flexibility index (Phi) is 12.4. The van der Waals surface area contributed by atoms with Gasteiger partial charge in [-0.05, 0) is 53.2 Å². The van der Waals surface area contributed by atoms with E-state index in [0.29, 0.717) is 42.5 Å². The van der Waals surface area contributed by atoms with Crippen molar-refractivity contribution in [3.05, 3.63) is 93.0 Å². The third-order valence-electron chi connectivity index (χ3n) is 8.83. The first-order chi connectivity index (χ1) is 30.8. The molecule has 0 amide bonds. The monoisotopic (exact) mass is 1030 g/mol. The van der Waals surface area contributed by atoms with Crippen LogP contribution in [0.15, 0.2) is 128 Å². The van der Waals surface area contributed by atoms with Crippen molar-refractivity contribution in [3.8, 4) is 11.5 Å². The van der Waals surface area contributed by atoms with Crippen LogP contribution in [0.25, 0.3) is 21.5 Å². The zero-order chi connectivity index (χ0) is 49.9. The summed E-state index contributed by atoms with van der Waals surface area (Å²) in [7, 11) is -26.8. The molecular formula is C32H21N9O21S5. The molecule has 0 radical (unpaired) electrons. The van der Waals surface area contributed by atoms with Gasteiger partial charge in [-0.25, -0.2) is 0 Å². The number of phenols is 2. The minimum absolute atomic E-state index is 0.195.